The van der Waals surface area contributed by atoms with E-state index in [0.717, 1.165) is 28.1 Å². The van der Waals surface area contributed by atoms with Crippen LogP contribution < -0.4 is 4.90 Å². The van der Waals surface area contributed by atoms with Crippen molar-refractivity contribution < 1.29 is 9.53 Å². The average molecular weight is 398 g/mol. The molecule has 1 aliphatic heterocycles. The molecule has 0 spiro atoms. The number of nitrogens with zero attached hydrogens (tertiary/aromatic N) is 4. The van der Waals surface area contributed by atoms with E-state index in [4.69, 9.17) is 4.74 Å². The number of benzene rings is 2. The lowest BCUT2D eigenvalue weighted by molar-refractivity contribution is 0.129. The second kappa shape index (κ2) is 7.68. The minimum absolute atomic E-state index is 0.270. The number of rotatable bonds is 4. The number of anilines is 1. The lowest BCUT2D eigenvalue weighted by Crippen LogP contribution is -2.25. The molecule has 5 rings (SSSR count). The molecule has 30 heavy (non-hydrogen) atoms. The van der Waals surface area contributed by atoms with Crippen LogP contribution in [-0.2, 0) is 11.3 Å². The molecule has 1 atom stereocenters. The topological polar surface area (TPSA) is 60.2 Å². The zero-order valence-corrected chi connectivity index (χ0v) is 16.8. The van der Waals surface area contributed by atoms with Crippen LogP contribution >= 0.6 is 0 Å². The van der Waals surface area contributed by atoms with Gasteiger partial charge in [-0.1, -0.05) is 41.3 Å². The van der Waals surface area contributed by atoms with Gasteiger partial charge in [-0.15, -0.1) is 5.10 Å². The molecule has 2 heterocycles. The van der Waals surface area contributed by atoms with Crippen molar-refractivity contribution >= 4 is 11.8 Å². The Morgan fingerprint density at radius 2 is 2.00 bits per heavy atom. The first kappa shape index (κ1) is 18.4. The van der Waals surface area contributed by atoms with Crippen LogP contribution in [-0.4, -0.2) is 33.7 Å². The molecule has 1 saturated carbocycles. The van der Waals surface area contributed by atoms with E-state index in [9.17, 15) is 4.79 Å². The molecule has 1 aliphatic carbocycles. The number of carbonyl (C=O) groups excluding carboxylic acids is 1. The third kappa shape index (κ3) is 3.92. The van der Waals surface area contributed by atoms with Gasteiger partial charge in [0.1, 0.15) is 11.8 Å². The van der Waals surface area contributed by atoms with Crippen molar-refractivity contribution in [3.05, 3.63) is 65.9 Å². The van der Waals surface area contributed by atoms with Crippen molar-refractivity contribution in [2.24, 2.45) is 5.92 Å². The second-order valence-electron chi connectivity index (χ2n) is 7.85. The molecule has 1 saturated heterocycles. The molecule has 1 amide bonds. The number of aryl methyl sites for hydroxylation is 1. The monoisotopic (exact) mass is 398 g/mol. The van der Waals surface area contributed by atoms with Gasteiger partial charge < -0.3 is 4.74 Å². The Morgan fingerprint density at radius 3 is 2.77 bits per heavy atom. The number of amides is 1. The molecule has 0 N–H and O–H groups in total. The van der Waals surface area contributed by atoms with Gasteiger partial charge in [-0.25, -0.2) is 9.48 Å². The number of carbonyl (C=O) groups is 1. The highest BCUT2D eigenvalue weighted by Crippen LogP contribution is 2.28. The summed E-state index contributed by atoms with van der Waals surface area (Å²) in [6.45, 7) is 3.02. The maximum Gasteiger partial charge on any atom is 0.414 e. The van der Waals surface area contributed by atoms with Crippen molar-refractivity contribution in [1.82, 2.24) is 15.0 Å². The van der Waals surface area contributed by atoms with Crippen molar-refractivity contribution in [1.29, 1.82) is 0 Å². The molecule has 1 unspecified atom stereocenters. The molecular formula is C24H22N4O2. The van der Waals surface area contributed by atoms with Gasteiger partial charge in [-0.2, -0.15) is 0 Å². The summed E-state index contributed by atoms with van der Waals surface area (Å²) >= 11 is 0. The first-order valence-electron chi connectivity index (χ1n) is 10.2. The standard InChI is InChI=1S/C24H22N4O2/c1-17-13-19(10-9-18-7-8-18)11-12-22(17)23-16-27(26-25-23)14-21-15-28(24(29)30-21)20-5-3-2-4-6-20/h2-6,11-13,16,18,21H,7-8,14-15H2,1H3. The van der Waals surface area contributed by atoms with Crippen molar-refractivity contribution in [3.63, 3.8) is 0 Å². The minimum atomic E-state index is -0.328. The summed E-state index contributed by atoms with van der Waals surface area (Å²) in [7, 11) is 0. The van der Waals surface area contributed by atoms with Crippen molar-refractivity contribution in [2.45, 2.75) is 32.4 Å². The quantitative estimate of drug-likeness (QED) is 0.623. The van der Waals surface area contributed by atoms with Crippen LogP contribution in [0.15, 0.2) is 54.7 Å². The predicted octanol–water partition coefficient (Wildman–Crippen LogP) is 4.04. The second-order valence-corrected chi connectivity index (χ2v) is 7.85. The normalized spacial score (nSPS) is 18.1. The average Bonchev–Trinajstić information content (AvgIpc) is 3.36. The molecule has 150 valence electrons. The number of cyclic esters (lactones) is 1. The van der Waals surface area contributed by atoms with Gasteiger partial charge >= 0.3 is 6.09 Å². The Kier molecular flexibility index (Phi) is 4.72. The summed E-state index contributed by atoms with van der Waals surface area (Å²) in [5.41, 5.74) is 4.83. The van der Waals surface area contributed by atoms with E-state index in [-0.39, 0.29) is 12.2 Å². The summed E-state index contributed by atoms with van der Waals surface area (Å²) < 4.78 is 7.26. The van der Waals surface area contributed by atoms with E-state index in [2.05, 4.69) is 35.1 Å². The van der Waals surface area contributed by atoms with E-state index in [1.807, 2.05) is 48.7 Å². The molecule has 2 aliphatic rings. The third-order valence-corrected chi connectivity index (χ3v) is 5.37. The van der Waals surface area contributed by atoms with E-state index < -0.39 is 0 Å². The highest BCUT2D eigenvalue weighted by atomic mass is 16.6. The Hall–Kier alpha value is -3.59. The molecule has 3 aromatic rings. The van der Waals surface area contributed by atoms with Crippen molar-refractivity contribution in [3.8, 4) is 23.1 Å². The van der Waals surface area contributed by atoms with Gasteiger partial charge in [0.25, 0.3) is 0 Å². The zero-order chi connectivity index (χ0) is 20.5. The Labute approximate surface area is 175 Å². The fourth-order valence-electron chi connectivity index (χ4n) is 3.60. The number of para-hydroxylation sites is 1. The molecule has 0 radical (unpaired) electrons. The van der Waals surface area contributed by atoms with Crippen molar-refractivity contribution in [2.75, 3.05) is 11.4 Å². The molecule has 2 fully saturated rings. The lowest BCUT2D eigenvalue weighted by atomic mass is 10.0. The summed E-state index contributed by atoms with van der Waals surface area (Å²) in [5, 5.41) is 8.56. The Balaban J connectivity index is 1.27. The number of hydrogen-bond donors (Lipinski definition) is 0. The number of ether oxygens (including phenoxy) is 1. The van der Waals surface area contributed by atoms with Crippen LogP contribution in [0.25, 0.3) is 11.3 Å². The summed E-state index contributed by atoms with van der Waals surface area (Å²) in [4.78, 5) is 13.9. The SMILES string of the molecule is Cc1cc(C#CC2CC2)ccc1-c1cn(CC2CN(c3ccccc3)C(=O)O2)nn1. The molecule has 2 aromatic carbocycles. The Bertz CT molecular complexity index is 1140. The largest absolute Gasteiger partial charge is 0.442 e. The fourth-order valence-corrected chi connectivity index (χ4v) is 3.60. The van der Waals surface area contributed by atoms with Gasteiger partial charge in [-0.05, 0) is 49.6 Å². The van der Waals surface area contributed by atoms with Crippen LogP contribution in [0.4, 0.5) is 10.5 Å². The number of hydrogen-bond acceptors (Lipinski definition) is 4. The number of aromatic nitrogens is 3. The first-order valence-corrected chi connectivity index (χ1v) is 10.2. The summed E-state index contributed by atoms with van der Waals surface area (Å²) in [6, 6.07) is 15.7. The summed E-state index contributed by atoms with van der Waals surface area (Å²) in [6.07, 6.45) is 3.76. The minimum Gasteiger partial charge on any atom is -0.442 e. The van der Waals surface area contributed by atoms with E-state index in [0.29, 0.717) is 19.0 Å². The van der Waals surface area contributed by atoms with E-state index in [1.165, 1.54) is 12.8 Å². The van der Waals surface area contributed by atoms with Crippen LogP contribution in [0.5, 0.6) is 0 Å². The maximum absolute atomic E-state index is 12.2. The molecule has 1 aromatic heterocycles. The van der Waals surface area contributed by atoms with Gasteiger partial charge in [0.2, 0.25) is 0 Å². The lowest BCUT2D eigenvalue weighted by Gasteiger charge is -2.12. The van der Waals surface area contributed by atoms with Crippen LogP contribution in [0.3, 0.4) is 0 Å². The highest BCUT2D eigenvalue weighted by molar-refractivity contribution is 5.89. The van der Waals surface area contributed by atoms with E-state index in [1.54, 1.807) is 9.58 Å². The fraction of sp³-hybridized carbons (Fsp3) is 0.292. The first-order chi connectivity index (χ1) is 14.7. The van der Waals surface area contributed by atoms with Crippen LogP contribution in [0.1, 0.15) is 24.0 Å². The van der Waals surface area contributed by atoms with E-state index >= 15 is 0 Å². The van der Waals surface area contributed by atoms with Gasteiger partial charge in [0.05, 0.1) is 19.3 Å². The van der Waals surface area contributed by atoms with Gasteiger partial charge in [-0.3, -0.25) is 4.90 Å². The smallest absolute Gasteiger partial charge is 0.414 e. The molecule has 6 nitrogen and oxygen atoms in total. The predicted molar refractivity (Wildman–Crippen MR) is 114 cm³/mol. The van der Waals surface area contributed by atoms with Gasteiger partial charge in [0.15, 0.2) is 0 Å². The third-order valence-electron chi connectivity index (χ3n) is 5.37. The Morgan fingerprint density at radius 1 is 1.17 bits per heavy atom. The highest BCUT2D eigenvalue weighted by Gasteiger charge is 2.32. The molecule has 6 heteroatoms. The van der Waals surface area contributed by atoms with Crippen LogP contribution in [0.2, 0.25) is 0 Å². The molecule has 0 bridgehead atoms. The zero-order valence-electron chi connectivity index (χ0n) is 16.8. The van der Waals surface area contributed by atoms with Crippen LogP contribution in [0, 0.1) is 24.7 Å². The summed E-state index contributed by atoms with van der Waals surface area (Å²) in [5.74, 6) is 7.14. The maximum atomic E-state index is 12.2. The molecular weight excluding hydrogens is 376 g/mol. The van der Waals surface area contributed by atoms with Gasteiger partial charge in [0, 0.05) is 22.7 Å².